The Morgan fingerprint density at radius 1 is 1.62 bits per heavy atom. The van der Waals surface area contributed by atoms with Crippen LogP contribution in [0.2, 0.25) is 0 Å². The van der Waals surface area contributed by atoms with E-state index in [9.17, 15) is 0 Å². The fraction of sp³-hybridized carbons (Fsp3) is 0.556. The van der Waals surface area contributed by atoms with Gasteiger partial charge in [-0.05, 0) is 13.0 Å². The maximum Gasteiger partial charge on any atom is 0.195 e. The molecular weight excluding hydrogens is 168 g/mol. The summed E-state index contributed by atoms with van der Waals surface area (Å²) in [5.74, 6) is 1.65. The van der Waals surface area contributed by atoms with Crippen LogP contribution in [-0.4, -0.2) is 31.3 Å². The zero-order chi connectivity index (χ0) is 9.84. The van der Waals surface area contributed by atoms with Crippen LogP contribution in [0.4, 0.5) is 5.88 Å². The Hall–Kier alpha value is -1.00. The third-order valence-corrected chi connectivity index (χ3v) is 1.85. The van der Waals surface area contributed by atoms with Crippen LogP contribution in [0.5, 0.6) is 0 Å². The number of nitrogens with zero attached hydrogens (tertiary/aromatic N) is 1. The molecule has 3 N–H and O–H groups in total. The van der Waals surface area contributed by atoms with Crippen molar-refractivity contribution in [2.24, 2.45) is 5.73 Å². The standard InChI is InChI=1S/C9H16N2O2/c1-7-3-4-9(13-7)11(2)5-8(10)6-12/h3-4,8,12H,5-6,10H2,1-2H3. The summed E-state index contributed by atoms with van der Waals surface area (Å²) in [5, 5.41) is 8.75. The molecule has 1 rings (SSSR count). The van der Waals surface area contributed by atoms with Crippen LogP contribution in [0, 0.1) is 6.92 Å². The van der Waals surface area contributed by atoms with Gasteiger partial charge in [-0.15, -0.1) is 0 Å². The highest BCUT2D eigenvalue weighted by Gasteiger charge is 2.08. The van der Waals surface area contributed by atoms with Gasteiger partial charge in [-0.25, -0.2) is 0 Å². The molecule has 1 aromatic rings. The summed E-state index contributed by atoms with van der Waals surface area (Å²) in [6.07, 6.45) is 0. The first-order valence-electron chi connectivity index (χ1n) is 4.27. The quantitative estimate of drug-likeness (QED) is 0.708. The van der Waals surface area contributed by atoms with Gasteiger partial charge in [0.1, 0.15) is 5.76 Å². The van der Waals surface area contributed by atoms with E-state index in [2.05, 4.69) is 0 Å². The van der Waals surface area contributed by atoms with Crippen molar-refractivity contribution in [2.45, 2.75) is 13.0 Å². The van der Waals surface area contributed by atoms with Gasteiger partial charge in [-0.1, -0.05) is 0 Å². The van der Waals surface area contributed by atoms with Gasteiger partial charge in [0.25, 0.3) is 0 Å². The van der Waals surface area contributed by atoms with Crippen LogP contribution in [0.3, 0.4) is 0 Å². The third-order valence-electron chi connectivity index (χ3n) is 1.85. The maximum absolute atomic E-state index is 8.75. The van der Waals surface area contributed by atoms with Crippen molar-refractivity contribution in [2.75, 3.05) is 25.1 Å². The first-order valence-corrected chi connectivity index (χ1v) is 4.27. The van der Waals surface area contributed by atoms with E-state index in [0.717, 1.165) is 11.6 Å². The molecular formula is C9H16N2O2. The highest BCUT2D eigenvalue weighted by molar-refractivity contribution is 5.35. The van der Waals surface area contributed by atoms with E-state index in [1.165, 1.54) is 0 Å². The molecule has 4 nitrogen and oxygen atoms in total. The van der Waals surface area contributed by atoms with E-state index >= 15 is 0 Å². The van der Waals surface area contributed by atoms with E-state index in [-0.39, 0.29) is 12.6 Å². The number of aliphatic hydroxyl groups is 1. The lowest BCUT2D eigenvalue weighted by molar-refractivity contribution is 0.266. The fourth-order valence-electron chi connectivity index (χ4n) is 1.13. The second-order valence-corrected chi connectivity index (χ2v) is 3.21. The van der Waals surface area contributed by atoms with Crippen molar-refractivity contribution in [1.29, 1.82) is 0 Å². The van der Waals surface area contributed by atoms with E-state index < -0.39 is 0 Å². The largest absolute Gasteiger partial charge is 0.446 e. The van der Waals surface area contributed by atoms with Crippen LogP contribution in [-0.2, 0) is 0 Å². The highest BCUT2D eigenvalue weighted by Crippen LogP contribution is 2.15. The molecule has 0 radical (unpaired) electrons. The predicted molar refractivity (Wildman–Crippen MR) is 51.8 cm³/mol. The van der Waals surface area contributed by atoms with Gasteiger partial charge in [0.2, 0.25) is 0 Å². The summed E-state index contributed by atoms with van der Waals surface area (Å²) in [7, 11) is 1.88. The smallest absolute Gasteiger partial charge is 0.195 e. The Bertz CT molecular complexity index is 260. The summed E-state index contributed by atoms with van der Waals surface area (Å²) in [4.78, 5) is 1.88. The average Bonchev–Trinajstić information content (AvgIpc) is 2.51. The van der Waals surface area contributed by atoms with E-state index in [1.54, 1.807) is 0 Å². The highest BCUT2D eigenvalue weighted by atomic mass is 16.4. The van der Waals surface area contributed by atoms with Crippen molar-refractivity contribution < 1.29 is 9.52 Å². The lowest BCUT2D eigenvalue weighted by Crippen LogP contribution is -2.37. The van der Waals surface area contributed by atoms with Gasteiger partial charge in [0.05, 0.1) is 6.61 Å². The molecule has 1 atom stereocenters. The van der Waals surface area contributed by atoms with Gasteiger partial charge in [0, 0.05) is 25.7 Å². The molecule has 0 bridgehead atoms. The normalized spacial score (nSPS) is 12.9. The van der Waals surface area contributed by atoms with Crippen molar-refractivity contribution in [1.82, 2.24) is 0 Å². The minimum atomic E-state index is -0.226. The summed E-state index contributed by atoms with van der Waals surface area (Å²) < 4.78 is 5.38. The lowest BCUT2D eigenvalue weighted by Gasteiger charge is -2.19. The summed E-state index contributed by atoms with van der Waals surface area (Å²) >= 11 is 0. The Kier molecular flexibility index (Phi) is 3.33. The molecule has 0 spiro atoms. The number of hydrogen-bond donors (Lipinski definition) is 2. The minimum Gasteiger partial charge on any atom is -0.446 e. The summed E-state index contributed by atoms with van der Waals surface area (Å²) in [5.41, 5.74) is 5.58. The number of likely N-dealkylation sites (N-methyl/N-ethyl adjacent to an activating group) is 1. The Balaban J connectivity index is 2.53. The van der Waals surface area contributed by atoms with Crippen LogP contribution in [0.1, 0.15) is 5.76 Å². The number of aliphatic hydroxyl groups excluding tert-OH is 1. The molecule has 0 aliphatic rings. The molecule has 74 valence electrons. The molecule has 0 aromatic carbocycles. The van der Waals surface area contributed by atoms with Crippen molar-refractivity contribution in [3.8, 4) is 0 Å². The van der Waals surface area contributed by atoms with Crippen molar-refractivity contribution in [3.63, 3.8) is 0 Å². The van der Waals surface area contributed by atoms with Crippen molar-refractivity contribution in [3.05, 3.63) is 17.9 Å². The number of rotatable bonds is 4. The van der Waals surface area contributed by atoms with Crippen molar-refractivity contribution >= 4 is 5.88 Å². The molecule has 1 aromatic heterocycles. The second-order valence-electron chi connectivity index (χ2n) is 3.21. The number of furan rings is 1. The fourth-order valence-corrected chi connectivity index (χ4v) is 1.13. The topological polar surface area (TPSA) is 62.6 Å². The molecule has 0 aliphatic carbocycles. The Labute approximate surface area is 77.9 Å². The van der Waals surface area contributed by atoms with Crippen LogP contribution in [0.25, 0.3) is 0 Å². The zero-order valence-corrected chi connectivity index (χ0v) is 8.03. The van der Waals surface area contributed by atoms with Crippen LogP contribution in [0.15, 0.2) is 16.5 Å². The Morgan fingerprint density at radius 3 is 2.77 bits per heavy atom. The second kappa shape index (κ2) is 4.30. The van der Waals surface area contributed by atoms with Gasteiger partial charge in [-0.3, -0.25) is 0 Å². The first kappa shape index (κ1) is 10.1. The molecule has 4 heteroatoms. The molecule has 13 heavy (non-hydrogen) atoms. The summed E-state index contributed by atoms with van der Waals surface area (Å²) in [6, 6.07) is 3.56. The number of aryl methyl sites for hydroxylation is 1. The van der Waals surface area contributed by atoms with E-state index in [4.69, 9.17) is 15.3 Å². The lowest BCUT2D eigenvalue weighted by atomic mass is 10.3. The predicted octanol–water partition coefficient (Wildman–Crippen LogP) is 0.344. The molecule has 0 saturated carbocycles. The molecule has 0 amide bonds. The Morgan fingerprint density at radius 2 is 2.31 bits per heavy atom. The van der Waals surface area contributed by atoms with E-state index in [0.29, 0.717) is 6.54 Å². The summed E-state index contributed by atoms with van der Waals surface area (Å²) in [6.45, 7) is 2.47. The molecule has 0 fully saturated rings. The van der Waals surface area contributed by atoms with Crippen LogP contribution < -0.4 is 10.6 Å². The number of anilines is 1. The third kappa shape index (κ3) is 2.75. The molecule has 1 heterocycles. The van der Waals surface area contributed by atoms with E-state index in [1.807, 2.05) is 31.0 Å². The zero-order valence-electron chi connectivity index (χ0n) is 8.03. The monoisotopic (exact) mass is 184 g/mol. The first-order chi connectivity index (χ1) is 6.13. The number of nitrogens with two attached hydrogens (primary N) is 1. The van der Waals surface area contributed by atoms with Gasteiger partial charge in [-0.2, -0.15) is 0 Å². The van der Waals surface area contributed by atoms with Crippen LogP contribution >= 0.6 is 0 Å². The molecule has 0 aliphatic heterocycles. The maximum atomic E-state index is 8.75. The SMILES string of the molecule is Cc1ccc(N(C)CC(N)CO)o1. The molecule has 1 unspecified atom stereocenters. The number of hydrogen-bond acceptors (Lipinski definition) is 4. The minimum absolute atomic E-state index is 0.00989. The van der Waals surface area contributed by atoms with Gasteiger partial charge in [0.15, 0.2) is 5.88 Å². The van der Waals surface area contributed by atoms with Gasteiger partial charge >= 0.3 is 0 Å². The molecule has 0 saturated heterocycles. The average molecular weight is 184 g/mol. The van der Waals surface area contributed by atoms with Gasteiger partial charge < -0.3 is 20.2 Å².